The molecule has 0 bridgehead atoms. The SMILES string of the molecule is COc1nc(CNS(C)(=O)=O)nc(N2CCCC2)n1. The number of sulfonamides is 1. The van der Waals surface area contributed by atoms with Gasteiger partial charge in [0.1, 0.15) is 0 Å². The summed E-state index contributed by atoms with van der Waals surface area (Å²) in [6, 6.07) is 0.196. The molecule has 1 N–H and O–H groups in total. The second-order valence-electron chi connectivity index (χ2n) is 4.33. The molecule has 0 amide bonds. The van der Waals surface area contributed by atoms with E-state index in [4.69, 9.17) is 4.74 Å². The van der Waals surface area contributed by atoms with E-state index in [1.54, 1.807) is 0 Å². The summed E-state index contributed by atoms with van der Waals surface area (Å²) in [7, 11) is -1.81. The quantitative estimate of drug-likeness (QED) is 0.781. The predicted molar refractivity (Wildman–Crippen MR) is 69.5 cm³/mol. The number of hydrogen-bond donors (Lipinski definition) is 1. The highest BCUT2D eigenvalue weighted by molar-refractivity contribution is 7.88. The van der Waals surface area contributed by atoms with Crippen LogP contribution in [0.1, 0.15) is 18.7 Å². The number of rotatable bonds is 5. The first-order valence-corrected chi connectivity index (χ1v) is 7.85. The molecule has 0 atom stereocenters. The zero-order valence-electron chi connectivity index (χ0n) is 11.0. The van der Waals surface area contributed by atoms with Gasteiger partial charge in [-0.25, -0.2) is 13.1 Å². The fourth-order valence-corrected chi connectivity index (χ4v) is 2.20. The summed E-state index contributed by atoms with van der Waals surface area (Å²) in [4.78, 5) is 14.5. The van der Waals surface area contributed by atoms with Crippen LogP contribution in [0.2, 0.25) is 0 Å². The molecule has 9 heteroatoms. The number of aromatic nitrogens is 3. The second kappa shape index (κ2) is 5.66. The Bertz CT molecular complexity index is 542. The summed E-state index contributed by atoms with van der Waals surface area (Å²) in [5.41, 5.74) is 0. The number of methoxy groups -OCH3 is 1. The normalized spacial score (nSPS) is 15.8. The van der Waals surface area contributed by atoms with Crippen molar-refractivity contribution in [2.45, 2.75) is 19.4 Å². The van der Waals surface area contributed by atoms with Crippen molar-refractivity contribution in [3.63, 3.8) is 0 Å². The highest BCUT2D eigenvalue weighted by atomic mass is 32.2. The van der Waals surface area contributed by atoms with E-state index in [1.165, 1.54) is 7.11 Å². The summed E-state index contributed by atoms with van der Waals surface area (Å²) in [6.45, 7) is 1.82. The summed E-state index contributed by atoms with van der Waals surface area (Å²) in [5.74, 6) is 0.883. The standard InChI is InChI=1S/C10H17N5O3S/c1-18-10-13-8(7-11-19(2,16)17)12-9(14-10)15-5-3-4-6-15/h11H,3-7H2,1-2H3. The van der Waals surface area contributed by atoms with Gasteiger partial charge in [0.05, 0.1) is 19.9 Å². The summed E-state index contributed by atoms with van der Waals surface area (Å²) >= 11 is 0. The molecule has 0 aliphatic carbocycles. The number of hydrogen-bond acceptors (Lipinski definition) is 7. The van der Waals surface area contributed by atoms with Crippen LogP contribution in [-0.4, -0.2) is 49.8 Å². The molecule has 1 aliphatic heterocycles. The van der Waals surface area contributed by atoms with Crippen molar-refractivity contribution < 1.29 is 13.2 Å². The van der Waals surface area contributed by atoms with Gasteiger partial charge >= 0.3 is 6.01 Å². The number of nitrogens with zero attached hydrogens (tertiary/aromatic N) is 4. The van der Waals surface area contributed by atoms with Crippen LogP contribution in [-0.2, 0) is 16.6 Å². The summed E-state index contributed by atoms with van der Waals surface area (Å²) < 4.78 is 29.5. The van der Waals surface area contributed by atoms with Crippen LogP contribution in [0.5, 0.6) is 6.01 Å². The van der Waals surface area contributed by atoms with Gasteiger partial charge in [0.2, 0.25) is 16.0 Å². The maximum absolute atomic E-state index is 11.1. The zero-order valence-corrected chi connectivity index (χ0v) is 11.8. The summed E-state index contributed by atoms with van der Waals surface area (Å²) in [6.07, 6.45) is 3.29. The third-order valence-corrected chi connectivity index (χ3v) is 3.38. The minimum absolute atomic E-state index is 0.0263. The monoisotopic (exact) mass is 287 g/mol. The van der Waals surface area contributed by atoms with Crippen molar-refractivity contribution in [2.24, 2.45) is 0 Å². The van der Waals surface area contributed by atoms with Crippen LogP contribution in [0.25, 0.3) is 0 Å². The Balaban J connectivity index is 2.20. The Kier molecular flexibility index (Phi) is 4.15. The number of anilines is 1. The number of ether oxygens (including phenoxy) is 1. The van der Waals surface area contributed by atoms with Crippen LogP contribution >= 0.6 is 0 Å². The topological polar surface area (TPSA) is 97.3 Å². The van der Waals surface area contributed by atoms with E-state index in [-0.39, 0.29) is 12.6 Å². The molecule has 0 radical (unpaired) electrons. The molecule has 1 aromatic heterocycles. The van der Waals surface area contributed by atoms with E-state index >= 15 is 0 Å². The van der Waals surface area contributed by atoms with Crippen LogP contribution in [0, 0.1) is 0 Å². The Morgan fingerprint density at radius 3 is 2.53 bits per heavy atom. The van der Waals surface area contributed by atoms with Gasteiger partial charge in [-0.2, -0.15) is 15.0 Å². The molecule has 106 valence electrons. The maximum Gasteiger partial charge on any atom is 0.321 e. The van der Waals surface area contributed by atoms with Crippen LogP contribution in [0.3, 0.4) is 0 Å². The van der Waals surface area contributed by atoms with Crippen molar-refractivity contribution >= 4 is 16.0 Å². The highest BCUT2D eigenvalue weighted by Gasteiger charge is 2.17. The Labute approximate surface area is 112 Å². The first kappa shape index (κ1) is 13.9. The Hall–Kier alpha value is -1.48. The average molecular weight is 287 g/mol. The Morgan fingerprint density at radius 1 is 1.26 bits per heavy atom. The molecule has 2 heterocycles. The fraction of sp³-hybridized carbons (Fsp3) is 0.700. The van der Waals surface area contributed by atoms with E-state index in [1.807, 2.05) is 4.90 Å². The van der Waals surface area contributed by atoms with Crippen molar-refractivity contribution in [2.75, 3.05) is 31.4 Å². The molecule has 1 fully saturated rings. The first-order valence-electron chi connectivity index (χ1n) is 5.96. The lowest BCUT2D eigenvalue weighted by molar-refractivity contribution is 0.375. The minimum Gasteiger partial charge on any atom is -0.467 e. The fourth-order valence-electron chi connectivity index (χ4n) is 1.81. The third-order valence-electron chi connectivity index (χ3n) is 2.71. The van der Waals surface area contributed by atoms with Crippen molar-refractivity contribution in [3.05, 3.63) is 5.82 Å². The lowest BCUT2D eigenvalue weighted by Gasteiger charge is -2.16. The molecule has 1 aromatic rings. The third kappa shape index (κ3) is 4.00. The van der Waals surface area contributed by atoms with Crippen molar-refractivity contribution in [1.29, 1.82) is 0 Å². The molecule has 1 saturated heterocycles. The van der Waals surface area contributed by atoms with Crippen molar-refractivity contribution in [1.82, 2.24) is 19.7 Å². The molecule has 0 saturated carbocycles. The highest BCUT2D eigenvalue weighted by Crippen LogP contribution is 2.17. The van der Waals surface area contributed by atoms with E-state index < -0.39 is 10.0 Å². The molecule has 1 aliphatic rings. The van der Waals surface area contributed by atoms with Gasteiger partial charge in [0.15, 0.2) is 5.82 Å². The molecule has 0 aromatic carbocycles. The minimum atomic E-state index is -3.28. The van der Waals surface area contributed by atoms with Crippen LogP contribution < -0.4 is 14.4 Å². The van der Waals surface area contributed by atoms with E-state index in [0.717, 1.165) is 32.2 Å². The first-order chi connectivity index (χ1) is 8.98. The van der Waals surface area contributed by atoms with E-state index in [0.29, 0.717) is 11.8 Å². The van der Waals surface area contributed by atoms with Crippen molar-refractivity contribution in [3.8, 4) is 6.01 Å². The smallest absolute Gasteiger partial charge is 0.321 e. The predicted octanol–water partition coefficient (Wildman–Crippen LogP) is -0.470. The largest absolute Gasteiger partial charge is 0.467 e. The number of nitrogens with one attached hydrogen (secondary N) is 1. The van der Waals surface area contributed by atoms with Crippen LogP contribution in [0.4, 0.5) is 5.95 Å². The molecular formula is C10H17N5O3S. The molecule has 2 rings (SSSR count). The lowest BCUT2D eigenvalue weighted by Crippen LogP contribution is -2.25. The maximum atomic E-state index is 11.1. The van der Waals surface area contributed by atoms with E-state index in [2.05, 4.69) is 19.7 Å². The molecule has 19 heavy (non-hydrogen) atoms. The molecular weight excluding hydrogens is 270 g/mol. The van der Waals surface area contributed by atoms with Crippen LogP contribution in [0.15, 0.2) is 0 Å². The average Bonchev–Trinajstić information content (AvgIpc) is 2.89. The van der Waals surface area contributed by atoms with Gasteiger partial charge in [-0.3, -0.25) is 0 Å². The lowest BCUT2D eigenvalue weighted by atomic mass is 10.4. The van der Waals surface area contributed by atoms with Gasteiger partial charge in [0.25, 0.3) is 0 Å². The van der Waals surface area contributed by atoms with Gasteiger partial charge in [0, 0.05) is 13.1 Å². The Morgan fingerprint density at radius 2 is 1.95 bits per heavy atom. The van der Waals surface area contributed by atoms with Gasteiger partial charge < -0.3 is 9.64 Å². The van der Waals surface area contributed by atoms with Gasteiger partial charge in [-0.05, 0) is 12.8 Å². The van der Waals surface area contributed by atoms with E-state index in [9.17, 15) is 8.42 Å². The second-order valence-corrected chi connectivity index (χ2v) is 6.16. The van der Waals surface area contributed by atoms with Gasteiger partial charge in [-0.1, -0.05) is 0 Å². The molecule has 8 nitrogen and oxygen atoms in total. The zero-order chi connectivity index (χ0) is 13.9. The summed E-state index contributed by atoms with van der Waals surface area (Å²) in [5, 5.41) is 0. The molecule has 0 spiro atoms. The molecule has 0 unspecified atom stereocenters. The van der Waals surface area contributed by atoms with Gasteiger partial charge in [-0.15, -0.1) is 0 Å².